The van der Waals surface area contributed by atoms with E-state index in [1.54, 1.807) is 6.08 Å². The number of unbranched alkanes of at least 4 members (excludes halogenated alkanes) is 61. The molecule has 82 heavy (non-hydrogen) atoms. The fourth-order valence-corrected chi connectivity index (χ4v) is 12.3. The maximum atomic E-state index is 12.5. The Labute approximate surface area is 514 Å². The number of esters is 1. The van der Waals surface area contributed by atoms with E-state index in [2.05, 4.69) is 19.2 Å². The average molecular weight is 1160 g/mol. The molecule has 0 aliphatic rings. The van der Waals surface area contributed by atoms with Crippen LogP contribution in [-0.2, 0) is 14.3 Å². The quantitative estimate of drug-likeness (QED) is 0.0320. The van der Waals surface area contributed by atoms with Gasteiger partial charge in [0.25, 0.3) is 0 Å². The maximum Gasteiger partial charge on any atom is 0.305 e. The Kier molecular flexibility index (Phi) is 70.8. The SMILES string of the molecule is CCCCCCCCCCCCCCC/C=C/C(O)C(CO)NC(=O)CCCCCCCCCCCCCCCCCCCCCCCCCCCCCCCCCOC(=O)CCCCCCCCCCCCCCCCCCCCC. The van der Waals surface area contributed by atoms with Crippen molar-refractivity contribution in [2.24, 2.45) is 0 Å². The van der Waals surface area contributed by atoms with Gasteiger partial charge in [0.1, 0.15) is 0 Å². The Morgan fingerprint density at radius 1 is 0.329 bits per heavy atom. The molecule has 0 fully saturated rings. The molecule has 0 radical (unpaired) electrons. The summed E-state index contributed by atoms with van der Waals surface area (Å²) in [6, 6.07) is -0.624. The standard InChI is InChI=1S/C76H149NO5/c1-3-5-7-9-11-13-15-17-19-20-34-38-42-46-50-54-58-62-66-70-76(81)82-71-67-63-59-55-51-47-43-39-36-33-31-29-27-25-23-21-22-24-26-28-30-32-35-37-41-45-49-53-57-61-65-69-75(80)77-73(72-78)74(79)68-64-60-56-52-48-44-40-18-16-14-12-10-8-6-4-2/h64,68,73-74,78-79H,3-63,65-67,69-72H2,1-2H3,(H,77,80)/b68-64+. The first-order valence-electron chi connectivity index (χ1n) is 38.0. The maximum absolute atomic E-state index is 12.5. The van der Waals surface area contributed by atoms with Gasteiger partial charge in [0.05, 0.1) is 25.4 Å². The van der Waals surface area contributed by atoms with Crippen LogP contribution in [0.15, 0.2) is 12.2 Å². The molecule has 6 heteroatoms. The molecule has 0 aliphatic heterocycles. The first-order valence-corrected chi connectivity index (χ1v) is 38.0. The summed E-state index contributed by atoms with van der Waals surface area (Å²) in [6.45, 7) is 4.96. The molecule has 2 atom stereocenters. The van der Waals surface area contributed by atoms with Gasteiger partial charge in [-0.2, -0.15) is 0 Å². The molecule has 0 aromatic carbocycles. The largest absolute Gasteiger partial charge is 0.466 e. The number of rotatable bonds is 72. The average Bonchev–Trinajstić information content (AvgIpc) is 3.48. The van der Waals surface area contributed by atoms with Crippen LogP contribution in [0.3, 0.4) is 0 Å². The molecule has 0 heterocycles. The lowest BCUT2D eigenvalue weighted by Gasteiger charge is -2.20. The van der Waals surface area contributed by atoms with Crippen LogP contribution in [0.2, 0.25) is 0 Å². The normalized spacial score (nSPS) is 12.5. The molecule has 2 unspecified atom stereocenters. The number of allylic oxidation sites excluding steroid dienone is 1. The van der Waals surface area contributed by atoms with E-state index >= 15 is 0 Å². The van der Waals surface area contributed by atoms with Gasteiger partial charge in [-0.25, -0.2) is 0 Å². The van der Waals surface area contributed by atoms with Gasteiger partial charge in [0.15, 0.2) is 0 Å². The number of aliphatic hydroxyl groups excluding tert-OH is 2. The molecule has 1 amide bonds. The number of amides is 1. The summed E-state index contributed by atoms with van der Waals surface area (Å²) in [6.07, 6.45) is 90.4. The molecular weight excluding hydrogens is 1010 g/mol. The Morgan fingerprint density at radius 3 is 0.829 bits per heavy atom. The first-order chi connectivity index (χ1) is 40.5. The van der Waals surface area contributed by atoms with E-state index in [1.165, 1.54) is 372 Å². The third-order valence-electron chi connectivity index (χ3n) is 18.1. The second kappa shape index (κ2) is 72.1. The van der Waals surface area contributed by atoms with Gasteiger partial charge >= 0.3 is 5.97 Å². The van der Waals surface area contributed by atoms with Crippen LogP contribution in [0.25, 0.3) is 0 Å². The van der Waals surface area contributed by atoms with Gasteiger partial charge in [-0.05, 0) is 32.1 Å². The van der Waals surface area contributed by atoms with E-state index in [9.17, 15) is 19.8 Å². The third-order valence-corrected chi connectivity index (χ3v) is 18.1. The number of hydrogen-bond acceptors (Lipinski definition) is 5. The van der Waals surface area contributed by atoms with Crippen molar-refractivity contribution in [2.75, 3.05) is 13.2 Å². The third kappa shape index (κ3) is 67.7. The van der Waals surface area contributed by atoms with Crippen molar-refractivity contribution in [2.45, 2.75) is 450 Å². The number of nitrogens with one attached hydrogen (secondary N) is 1. The highest BCUT2D eigenvalue weighted by molar-refractivity contribution is 5.76. The van der Waals surface area contributed by atoms with Gasteiger partial charge in [-0.3, -0.25) is 9.59 Å². The van der Waals surface area contributed by atoms with E-state index in [-0.39, 0.29) is 18.5 Å². The fraction of sp³-hybridized carbons (Fsp3) is 0.947. The number of carbonyl (C=O) groups excluding carboxylic acids is 2. The second-order valence-electron chi connectivity index (χ2n) is 26.4. The molecule has 0 saturated carbocycles. The summed E-state index contributed by atoms with van der Waals surface area (Å²) in [7, 11) is 0. The van der Waals surface area contributed by atoms with Crippen LogP contribution in [0.1, 0.15) is 438 Å². The molecule has 0 spiro atoms. The van der Waals surface area contributed by atoms with E-state index in [4.69, 9.17) is 4.74 Å². The Balaban J connectivity index is 3.31. The molecule has 0 rings (SSSR count). The summed E-state index contributed by atoms with van der Waals surface area (Å²) >= 11 is 0. The highest BCUT2D eigenvalue weighted by Gasteiger charge is 2.18. The topological polar surface area (TPSA) is 95.9 Å². The predicted octanol–water partition coefficient (Wildman–Crippen LogP) is 24.7. The first kappa shape index (κ1) is 80.6. The molecular formula is C76H149NO5. The smallest absolute Gasteiger partial charge is 0.305 e. The predicted molar refractivity (Wildman–Crippen MR) is 361 cm³/mol. The number of hydrogen-bond donors (Lipinski definition) is 3. The van der Waals surface area contributed by atoms with E-state index in [1.807, 2.05) is 6.08 Å². The zero-order valence-electron chi connectivity index (χ0n) is 56.0. The van der Waals surface area contributed by atoms with Gasteiger partial charge in [-0.1, -0.05) is 405 Å². The van der Waals surface area contributed by atoms with E-state index in [0.29, 0.717) is 19.4 Å². The van der Waals surface area contributed by atoms with Gasteiger partial charge in [0, 0.05) is 12.8 Å². The second-order valence-corrected chi connectivity index (χ2v) is 26.4. The Morgan fingerprint density at radius 2 is 0.561 bits per heavy atom. The lowest BCUT2D eigenvalue weighted by atomic mass is 10.0. The Bertz CT molecular complexity index is 1240. The van der Waals surface area contributed by atoms with Crippen molar-refractivity contribution in [3.8, 4) is 0 Å². The molecule has 488 valence electrons. The molecule has 3 N–H and O–H groups in total. The molecule has 0 aromatic heterocycles. The minimum atomic E-state index is -0.841. The van der Waals surface area contributed by atoms with Crippen LogP contribution < -0.4 is 5.32 Å². The van der Waals surface area contributed by atoms with Gasteiger partial charge in [0.2, 0.25) is 5.91 Å². The summed E-state index contributed by atoms with van der Waals surface area (Å²) in [5, 5.41) is 23.2. The number of carbonyl (C=O) groups is 2. The zero-order valence-corrected chi connectivity index (χ0v) is 56.0. The minimum absolute atomic E-state index is 0.0263. The van der Waals surface area contributed by atoms with Crippen LogP contribution in [-0.4, -0.2) is 47.4 Å². The van der Waals surface area contributed by atoms with E-state index in [0.717, 1.165) is 38.5 Å². The highest BCUT2D eigenvalue weighted by atomic mass is 16.5. The summed E-state index contributed by atoms with van der Waals surface area (Å²) in [5.74, 6) is -0.0342. The molecule has 0 saturated heterocycles. The summed E-state index contributed by atoms with van der Waals surface area (Å²) in [4.78, 5) is 24.6. The van der Waals surface area contributed by atoms with Crippen molar-refractivity contribution < 1.29 is 24.5 Å². The Hall–Kier alpha value is -1.40. The minimum Gasteiger partial charge on any atom is -0.466 e. The van der Waals surface area contributed by atoms with Crippen molar-refractivity contribution >= 4 is 11.9 Å². The van der Waals surface area contributed by atoms with Crippen LogP contribution in [0.4, 0.5) is 0 Å². The van der Waals surface area contributed by atoms with Crippen LogP contribution in [0.5, 0.6) is 0 Å². The molecule has 6 nitrogen and oxygen atoms in total. The fourth-order valence-electron chi connectivity index (χ4n) is 12.3. The lowest BCUT2D eigenvalue weighted by molar-refractivity contribution is -0.143. The van der Waals surface area contributed by atoms with Gasteiger partial charge < -0.3 is 20.3 Å². The highest BCUT2D eigenvalue weighted by Crippen LogP contribution is 2.20. The summed E-state index contributed by atoms with van der Waals surface area (Å²) < 4.78 is 5.52. The van der Waals surface area contributed by atoms with Crippen molar-refractivity contribution in [3.63, 3.8) is 0 Å². The number of aliphatic hydroxyl groups is 2. The number of ether oxygens (including phenoxy) is 1. The lowest BCUT2D eigenvalue weighted by Crippen LogP contribution is -2.45. The monoisotopic (exact) mass is 1160 g/mol. The summed E-state index contributed by atoms with van der Waals surface area (Å²) in [5.41, 5.74) is 0. The van der Waals surface area contributed by atoms with Crippen molar-refractivity contribution in [1.29, 1.82) is 0 Å². The molecule has 0 aliphatic carbocycles. The molecule has 0 bridgehead atoms. The van der Waals surface area contributed by atoms with Gasteiger partial charge in [-0.15, -0.1) is 0 Å². The van der Waals surface area contributed by atoms with Crippen LogP contribution >= 0.6 is 0 Å². The van der Waals surface area contributed by atoms with E-state index < -0.39 is 12.1 Å². The van der Waals surface area contributed by atoms with Crippen LogP contribution in [0, 0.1) is 0 Å². The van der Waals surface area contributed by atoms with Crippen molar-refractivity contribution in [1.82, 2.24) is 5.32 Å². The zero-order chi connectivity index (χ0) is 59.2. The molecule has 0 aromatic rings. The van der Waals surface area contributed by atoms with Crippen molar-refractivity contribution in [3.05, 3.63) is 12.2 Å².